The molecule has 0 saturated heterocycles. The summed E-state index contributed by atoms with van der Waals surface area (Å²) in [6.07, 6.45) is -0.419. The summed E-state index contributed by atoms with van der Waals surface area (Å²) in [6.45, 7) is 7.39. The highest BCUT2D eigenvalue weighted by Crippen LogP contribution is 1.98. The van der Waals surface area contributed by atoms with E-state index >= 15 is 0 Å². The van der Waals surface area contributed by atoms with Gasteiger partial charge in [-0.2, -0.15) is 0 Å². The van der Waals surface area contributed by atoms with Crippen LogP contribution in [0.2, 0.25) is 0 Å². The van der Waals surface area contributed by atoms with Gasteiger partial charge in [-0.05, 0) is 20.8 Å². The van der Waals surface area contributed by atoms with E-state index in [2.05, 4.69) is 5.32 Å². The summed E-state index contributed by atoms with van der Waals surface area (Å²) in [7, 11) is 1.61. The van der Waals surface area contributed by atoms with Crippen LogP contribution in [0.3, 0.4) is 0 Å². The van der Waals surface area contributed by atoms with Gasteiger partial charge in [-0.3, -0.25) is 0 Å². The van der Waals surface area contributed by atoms with Crippen LogP contribution in [0.4, 0.5) is 4.79 Å². The Morgan fingerprint density at radius 1 is 1.13 bits per heavy atom. The lowest BCUT2D eigenvalue weighted by atomic mass is 10.1. The molecule has 0 atom stereocenters. The molecule has 1 N–H and O–H groups in total. The van der Waals surface area contributed by atoms with Gasteiger partial charge in [0.2, 0.25) is 0 Å². The molecule has 0 bridgehead atoms. The van der Waals surface area contributed by atoms with E-state index in [0.717, 1.165) is 0 Å². The number of amides is 1. The fourth-order valence-corrected chi connectivity index (χ4v) is 0.780. The Kier molecular flexibility index (Phi) is 7.07. The van der Waals surface area contributed by atoms with E-state index in [9.17, 15) is 4.79 Å². The SMILES string of the molecule is COCCOCCOC(=O)NC(C)(C)C. The van der Waals surface area contributed by atoms with Crippen molar-refractivity contribution in [3.05, 3.63) is 0 Å². The number of ether oxygens (including phenoxy) is 3. The number of hydrogen-bond acceptors (Lipinski definition) is 4. The summed E-state index contributed by atoms with van der Waals surface area (Å²) in [5.74, 6) is 0. The van der Waals surface area contributed by atoms with Crippen molar-refractivity contribution >= 4 is 6.09 Å². The van der Waals surface area contributed by atoms with Crippen LogP contribution in [-0.4, -0.2) is 45.2 Å². The highest BCUT2D eigenvalue weighted by molar-refractivity contribution is 5.67. The molecule has 15 heavy (non-hydrogen) atoms. The largest absolute Gasteiger partial charge is 0.447 e. The summed E-state index contributed by atoms with van der Waals surface area (Å²) in [4.78, 5) is 11.1. The minimum absolute atomic E-state index is 0.256. The molecule has 0 aromatic carbocycles. The minimum atomic E-state index is -0.419. The lowest BCUT2D eigenvalue weighted by molar-refractivity contribution is 0.0409. The third-order valence-corrected chi connectivity index (χ3v) is 1.37. The number of hydrogen-bond donors (Lipinski definition) is 1. The predicted molar refractivity (Wildman–Crippen MR) is 56.9 cm³/mol. The second-order valence-corrected chi connectivity index (χ2v) is 4.12. The van der Waals surface area contributed by atoms with E-state index in [0.29, 0.717) is 19.8 Å². The van der Waals surface area contributed by atoms with Crippen molar-refractivity contribution in [1.29, 1.82) is 0 Å². The smallest absolute Gasteiger partial charge is 0.407 e. The van der Waals surface area contributed by atoms with Gasteiger partial charge in [-0.1, -0.05) is 0 Å². The molecule has 0 aliphatic carbocycles. The minimum Gasteiger partial charge on any atom is -0.447 e. The van der Waals surface area contributed by atoms with Crippen molar-refractivity contribution in [2.24, 2.45) is 0 Å². The quantitative estimate of drug-likeness (QED) is 0.681. The first-order chi connectivity index (χ1) is 6.95. The van der Waals surface area contributed by atoms with Crippen LogP contribution in [0.15, 0.2) is 0 Å². The third kappa shape index (κ3) is 11.1. The lowest BCUT2D eigenvalue weighted by Crippen LogP contribution is -2.41. The molecule has 0 saturated carbocycles. The van der Waals surface area contributed by atoms with Crippen molar-refractivity contribution in [3.8, 4) is 0 Å². The van der Waals surface area contributed by atoms with E-state index in [-0.39, 0.29) is 12.1 Å². The molecule has 0 radical (unpaired) electrons. The molecule has 0 rings (SSSR count). The van der Waals surface area contributed by atoms with Crippen LogP contribution in [0.5, 0.6) is 0 Å². The number of nitrogens with one attached hydrogen (secondary N) is 1. The van der Waals surface area contributed by atoms with Crippen molar-refractivity contribution in [1.82, 2.24) is 5.32 Å². The molecule has 0 aromatic heterocycles. The molecular formula is C10H21NO4. The monoisotopic (exact) mass is 219 g/mol. The van der Waals surface area contributed by atoms with E-state index < -0.39 is 6.09 Å². The highest BCUT2D eigenvalue weighted by Gasteiger charge is 2.13. The molecule has 90 valence electrons. The average Bonchev–Trinajstić information content (AvgIpc) is 2.08. The Morgan fingerprint density at radius 3 is 2.27 bits per heavy atom. The summed E-state index contributed by atoms with van der Waals surface area (Å²) in [6, 6.07) is 0. The van der Waals surface area contributed by atoms with Crippen molar-refractivity contribution in [3.63, 3.8) is 0 Å². The van der Waals surface area contributed by atoms with Crippen LogP contribution >= 0.6 is 0 Å². The topological polar surface area (TPSA) is 56.8 Å². The summed E-state index contributed by atoms with van der Waals surface area (Å²) in [5, 5.41) is 2.68. The van der Waals surface area contributed by atoms with Gasteiger partial charge in [0.05, 0.1) is 19.8 Å². The Balaban J connectivity index is 3.32. The van der Waals surface area contributed by atoms with Crippen LogP contribution < -0.4 is 5.32 Å². The van der Waals surface area contributed by atoms with Crippen LogP contribution in [0, 0.1) is 0 Å². The average molecular weight is 219 g/mol. The Bertz CT molecular complexity index is 177. The molecule has 0 aliphatic rings. The third-order valence-electron chi connectivity index (χ3n) is 1.37. The predicted octanol–water partition coefficient (Wildman–Crippen LogP) is 1.17. The van der Waals surface area contributed by atoms with Crippen molar-refractivity contribution in [2.45, 2.75) is 26.3 Å². The molecule has 0 heterocycles. The summed E-state index contributed by atoms with van der Waals surface area (Å²) < 4.78 is 14.8. The Hall–Kier alpha value is -0.810. The second-order valence-electron chi connectivity index (χ2n) is 4.12. The summed E-state index contributed by atoms with van der Waals surface area (Å²) >= 11 is 0. The van der Waals surface area contributed by atoms with Crippen LogP contribution in [-0.2, 0) is 14.2 Å². The fraction of sp³-hybridized carbons (Fsp3) is 0.900. The molecule has 5 nitrogen and oxygen atoms in total. The molecule has 0 spiro atoms. The van der Waals surface area contributed by atoms with Gasteiger partial charge in [-0.25, -0.2) is 4.79 Å². The lowest BCUT2D eigenvalue weighted by Gasteiger charge is -2.19. The van der Waals surface area contributed by atoms with Gasteiger partial charge in [0, 0.05) is 12.6 Å². The molecule has 1 amide bonds. The number of alkyl carbamates (subject to hydrolysis) is 1. The van der Waals surface area contributed by atoms with Gasteiger partial charge in [-0.15, -0.1) is 0 Å². The van der Waals surface area contributed by atoms with Crippen LogP contribution in [0.25, 0.3) is 0 Å². The normalized spacial score (nSPS) is 11.2. The number of carbonyl (C=O) groups is 1. The van der Waals surface area contributed by atoms with Gasteiger partial charge >= 0.3 is 6.09 Å². The maximum Gasteiger partial charge on any atom is 0.407 e. The van der Waals surface area contributed by atoms with Crippen molar-refractivity contribution < 1.29 is 19.0 Å². The maximum absolute atomic E-state index is 11.1. The number of rotatable bonds is 6. The fourth-order valence-electron chi connectivity index (χ4n) is 0.780. The molecule has 5 heteroatoms. The standard InChI is InChI=1S/C10H21NO4/c1-10(2,3)11-9(12)15-8-7-14-6-5-13-4/h5-8H2,1-4H3,(H,11,12). The van der Waals surface area contributed by atoms with Gasteiger partial charge in [0.25, 0.3) is 0 Å². The highest BCUT2D eigenvalue weighted by atomic mass is 16.6. The van der Waals surface area contributed by atoms with E-state index in [1.165, 1.54) is 0 Å². The zero-order chi connectivity index (χ0) is 11.7. The molecule has 0 fully saturated rings. The molecule has 0 aromatic rings. The van der Waals surface area contributed by atoms with E-state index in [1.54, 1.807) is 7.11 Å². The van der Waals surface area contributed by atoms with Crippen LogP contribution in [0.1, 0.15) is 20.8 Å². The van der Waals surface area contributed by atoms with Gasteiger partial charge in [0.15, 0.2) is 0 Å². The Labute approximate surface area is 91.1 Å². The molecule has 0 unspecified atom stereocenters. The van der Waals surface area contributed by atoms with E-state index in [4.69, 9.17) is 14.2 Å². The first kappa shape index (κ1) is 14.2. The van der Waals surface area contributed by atoms with Gasteiger partial charge in [0.1, 0.15) is 6.61 Å². The maximum atomic E-state index is 11.1. The zero-order valence-electron chi connectivity index (χ0n) is 9.96. The summed E-state index contributed by atoms with van der Waals surface area (Å²) in [5.41, 5.74) is -0.270. The first-order valence-electron chi connectivity index (χ1n) is 4.97. The second kappa shape index (κ2) is 7.48. The van der Waals surface area contributed by atoms with Crippen molar-refractivity contribution in [2.75, 3.05) is 33.5 Å². The first-order valence-corrected chi connectivity index (χ1v) is 4.97. The van der Waals surface area contributed by atoms with E-state index in [1.807, 2.05) is 20.8 Å². The number of methoxy groups -OCH3 is 1. The number of carbonyl (C=O) groups excluding carboxylic acids is 1. The molecule has 0 aliphatic heterocycles. The molecular weight excluding hydrogens is 198 g/mol. The van der Waals surface area contributed by atoms with Gasteiger partial charge < -0.3 is 19.5 Å². The zero-order valence-corrected chi connectivity index (χ0v) is 9.96. The Morgan fingerprint density at radius 2 is 1.73 bits per heavy atom.